The number of oxazole rings is 1. The highest BCUT2D eigenvalue weighted by molar-refractivity contribution is 9.10. The first-order chi connectivity index (χ1) is 9.11. The van der Waals surface area contributed by atoms with Crippen LogP contribution in [0.1, 0.15) is 12.8 Å². The molecule has 1 aromatic heterocycles. The second kappa shape index (κ2) is 4.65. The zero-order valence-corrected chi connectivity index (χ0v) is 11.5. The van der Waals surface area contributed by atoms with Crippen LogP contribution in [0.15, 0.2) is 27.1 Å². The Kier molecular flexibility index (Phi) is 2.98. The molecule has 0 saturated heterocycles. The molecule has 0 radical (unpaired) electrons. The number of guanidine groups is 1. The van der Waals surface area contributed by atoms with Crippen LogP contribution < -0.4 is 10.6 Å². The molecule has 0 atom stereocenters. The second-order valence-electron chi connectivity index (χ2n) is 4.39. The standard InChI is InChI=1S/C12H11BrN4O2/c13-7-3-4-8-9(5-7)19-12(15-8)17-11(14)16-10(18)6-1-2-6/h3-6H,1-2H2,(H3,14,15,16,17,18). The van der Waals surface area contributed by atoms with Gasteiger partial charge in [-0.2, -0.15) is 4.98 Å². The predicted molar refractivity (Wildman–Crippen MR) is 73.9 cm³/mol. The van der Waals surface area contributed by atoms with Crippen molar-refractivity contribution in [3.8, 4) is 0 Å². The minimum absolute atomic E-state index is 0.0572. The van der Waals surface area contributed by atoms with Gasteiger partial charge in [-0.3, -0.25) is 20.8 Å². The van der Waals surface area contributed by atoms with Crippen molar-refractivity contribution in [1.82, 2.24) is 10.3 Å². The van der Waals surface area contributed by atoms with Crippen LogP contribution in [0.25, 0.3) is 11.1 Å². The van der Waals surface area contributed by atoms with E-state index in [0.29, 0.717) is 11.1 Å². The predicted octanol–water partition coefficient (Wildman–Crippen LogP) is 2.46. The minimum atomic E-state index is -0.128. The average molecular weight is 323 g/mol. The Morgan fingerprint density at radius 2 is 2.26 bits per heavy atom. The summed E-state index contributed by atoms with van der Waals surface area (Å²) in [6.07, 6.45) is 1.80. The topological polar surface area (TPSA) is 91.0 Å². The van der Waals surface area contributed by atoms with E-state index in [1.165, 1.54) is 0 Å². The fourth-order valence-electron chi connectivity index (χ4n) is 1.66. The van der Waals surface area contributed by atoms with Crippen LogP contribution in [-0.4, -0.2) is 16.9 Å². The van der Waals surface area contributed by atoms with E-state index >= 15 is 0 Å². The molecule has 0 aliphatic heterocycles. The van der Waals surface area contributed by atoms with Gasteiger partial charge in [0.05, 0.1) is 0 Å². The van der Waals surface area contributed by atoms with Gasteiger partial charge in [0.25, 0.3) is 0 Å². The quantitative estimate of drug-likeness (QED) is 0.585. The number of nitrogens with one attached hydrogen (secondary N) is 3. The number of fused-ring (bicyclic) bond motifs is 1. The normalized spacial score (nSPS) is 14.4. The van der Waals surface area contributed by atoms with Gasteiger partial charge in [0, 0.05) is 10.4 Å². The fraction of sp³-hybridized carbons (Fsp3) is 0.250. The highest BCUT2D eigenvalue weighted by Gasteiger charge is 2.30. The molecule has 1 aliphatic carbocycles. The summed E-state index contributed by atoms with van der Waals surface area (Å²) in [7, 11) is 0. The highest BCUT2D eigenvalue weighted by Crippen LogP contribution is 2.28. The molecular weight excluding hydrogens is 312 g/mol. The van der Waals surface area contributed by atoms with Crippen molar-refractivity contribution >= 4 is 44.9 Å². The molecule has 6 nitrogen and oxygen atoms in total. The molecule has 1 saturated carbocycles. The third kappa shape index (κ3) is 2.76. The van der Waals surface area contributed by atoms with Crippen LogP contribution in [0.5, 0.6) is 0 Å². The van der Waals surface area contributed by atoms with E-state index in [1.54, 1.807) is 12.1 Å². The molecule has 1 aliphatic rings. The van der Waals surface area contributed by atoms with Gasteiger partial charge < -0.3 is 4.42 Å². The van der Waals surface area contributed by atoms with Crippen LogP contribution in [0.3, 0.4) is 0 Å². The molecule has 2 aromatic rings. The van der Waals surface area contributed by atoms with E-state index in [4.69, 9.17) is 9.83 Å². The van der Waals surface area contributed by atoms with Crippen molar-refractivity contribution in [3.63, 3.8) is 0 Å². The van der Waals surface area contributed by atoms with Gasteiger partial charge in [0.2, 0.25) is 11.9 Å². The van der Waals surface area contributed by atoms with Gasteiger partial charge in [-0.15, -0.1) is 0 Å². The first-order valence-corrected chi connectivity index (χ1v) is 6.63. The summed E-state index contributed by atoms with van der Waals surface area (Å²) < 4.78 is 6.32. The number of aromatic nitrogens is 1. The molecule has 98 valence electrons. The number of carbonyl (C=O) groups excluding carboxylic acids is 1. The van der Waals surface area contributed by atoms with Crippen molar-refractivity contribution < 1.29 is 9.21 Å². The van der Waals surface area contributed by atoms with E-state index in [0.717, 1.165) is 17.3 Å². The number of carbonyl (C=O) groups is 1. The summed E-state index contributed by atoms with van der Waals surface area (Å²) in [5, 5.41) is 12.7. The average Bonchev–Trinajstić information content (AvgIpc) is 3.11. The summed E-state index contributed by atoms with van der Waals surface area (Å²) in [5.74, 6) is -0.194. The fourth-order valence-corrected chi connectivity index (χ4v) is 2.00. The number of amides is 1. The van der Waals surface area contributed by atoms with E-state index < -0.39 is 0 Å². The van der Waals surface area contributed by atoms with E-state index in [1.807, 2.05) is 6.07 Å². The van der Waals surface area contributed by atoms with Crippen molar-refractivity contribution in [1.29, 1.82) is 5.41 Å². The molecule has 19 heavy (non-hydrogen) atoms. The molecule has 1 aromatic carbocycles. The largest absolute Gasteiger partial charge is 0.423 e. The number of nitrogens with zero attached hydrogens (tertiary/aromatic N) is 1. The number of rotatable bonds is 2. The lowest BCUT2D eigenvalue weighted by Gasteiger charge is -2.04. The number of benzene rings is 1. The van der Waals surface area contributed by atoms with Crippen molar-refractivity contribution in [2.45, 2.75) is 12.8 Å². The first-order valence-electron chi connectivity index (χ1n) is 5.84. The summed E-state index contributed by atoms with van der Waals surface area (Å²) in [6, 6.07) is 5.64. The van der Waals surface area contributed by atoms with E-state index in [-0.39, 0.29) is 23.8 Å². The van der Waals surface area contributed by atoms with Crippen molar-refractivity contribution in [2.24, 2.45) is 5.92 Å². The van der Waals surface area contributed by atoms with Crippen LogP contribution in [0.2, 0.25) is 0 Å². The molecule has 3 N–H and O–H groups in total. The first kappa shape index (κ1) is 12.2. The maximum Gasteiger partial charge on any atom is 0.302 e. The molecule has 0 bridgehead atoms. The zero-order valence-electron chi connectivity index (χ0n) is 9.87. The van der Waals surface area contributed by atoms with Crippen molar-refractivity contribution in [3.05, 3.63) is 22.7 Å². The Bertz CT molecular complexity index is 663. The molecule has 1 amide bonds. The van der Waals surface area contributed by atoms with Crippen LogP contribution in [0.4, 0.5) is 6.01 Å². The Morgan fingerprint density at radius 1 is 1.47 bits per heavy atom. The smallest absolute Gasteiger partial charge is 0.302 e. The lowest BCUT2D eigenvalue weighted by molar-refractivity contribution is -0.120. The Hall–Kier alpha value is -1.89. The molecular formula is C12H11BrN4O2. The highest BCUT2D eigenvalue weighted by atomic mass is 79.9. The van der Waals surface area contributed by atoms with Crippen LogP contribution in [-0.2, 0) is 4.79 Å². The zero-order chi connectivity index (χ0) is 13.4. The number of anilines is 1. The molecule has 3 rings (SSSR count). The van der Waals surface area contributed by atoms with Crippen LogP contribution in [0, 0.1) is 11.3 Å². The molecule has 1 fully saturated rings. The van der Waals surface area contributed by atoms with Gasteiger partial charge in [0.15, 0.2) is 5.58 Å². The number of hydrogen-bond donors (Lipinski definition) is 3. The third-order valence-corrected chi connectivity index (χ3v) is 3.27. The van der Waals surface area contributed by atoms with Gasteiger partial charge >= 0.3 is 6.01 Å². The third-order valence-electron chi connectivity index (χ3n) is 2.78. The summed E-state index contributed by atoms with van der Waals surface area (Å²) in [6.45, 7) is 0. The van der Waals surface area contributed by atoms with Crippen molar-refractivity contribution in [2.75, 3.05) is 5.32 Å². The molecule has 7 heteroatoms. The van der Waals surface area contributed by atoms with Crippen LogP contribution >= 0.6 is 15.9 Å². The second-order valence-corrected chi connectivity index (χ2v) is 5.31. The Labute approximate surface area is 117 Å². The summed E-state index contributed by atoms with van der Waals surface area (Å²) in [5.41, 5.74) is 1.30. The van der Waals surface area contributed by atoms with Gasteiger partial charge in [-0.05, 0) is 31.0 Å². The maximum atomic E-state index is 11.5. The lowest BCUT2D eigenvalue weighted by Crippen LogP contribution is -2.36. The van der Waals surface area contributed by atoms with E-state index in [9.17, 15) is 4.79 Å². The van der Waals surface area contributed by atoms with E-state index in [2.05, 4.69) is 31.5 Å². The molecule has 0 spiro atoms. The lowest BCUT2D eigenvalue weighted by atomic mass is 10.3. The number of halogens is 1. The van der Waals surface area contributed by atoms with Gasteiger partial charge in [-0.1, -0.05) is 15.9 Å². The monoisotopic (exact) mass is 322 g/mol. The summed E-state index contributed by atoms with van der Waals surface area (Å²) >= 11 is 3.34. The van der Waals surface area contributed by atoms with Gasteiger partial charge in [-0.25, -0.2) is 0 Å². The maximum absolute atomic E-state index is 11.5. The molecule has 1 heterocycles. The summed E-state index contributed by atoms with van der Waals surface area (Å²) in [4.78, 5) is 15.6. The Morgan fingerprint density at radius 3 is 3.00 bits per heavy atom. The number of hydrogen-bond acceptors (Lipinski definition) is 4. The minimum Gasteiger partial charge on any atom is -0.423 e. The molecule has 0 unspecified atom stereocenters. The van der Waals surface area contributed by atoms with Gasteiger partial charge in [0.1, 0.15) is 5.52 Å². The SMILES string of the molecule is N=C(NC(=O)C1CC1)Nc1nc2ccc(Br)cc2o1. The Balaban J connectivity index is 1.70.